The van der Waals surface area contributed by atoms with E-state index in [9.17, 15) is 5.11 Å². The highest BCUT2D eigenvalue weighted by Crippen LogP contribution is 2.27. The van der Waals surface area contributed by atoms with Crippen LogP contribution in [-0.2, 0) is 0 Å². The molecule has 0 heterocycles. The predicted molar refractivity (Wildman–Crippen MR) is 83.4 cm³/mol. The summed E-state index contributed by atoms with van der Waals surface area (Å²) in [4.78, 5) is 0. The van der Waals surface area contributed by atoms with Gasteiger partial charge >= 0.3 is 0 Å². The average Bonchev–Trinajstić information content (AvgIpc) is 2.50. The standard InChI is InChI=1S/C17H35NO/c1-14(2)11-16(12-15(3)4)18-13-17(19)9-7-5-6-8-10-17/h14-16,18-19H,5-13H2,1-4H3. The fourth-order valence-corrected chi connectivity index (χ4v) is 3.30. The summed E-state index contributed by atoms with van der Waals surface area (Å²) in [6, 6.07) is 0.562. The third-order valence-electron chi connectivity index (χ3n) is 4.27. The van der Waals surface area contributed by atoms with Crippen LogP contribution in [0.15, 0.2) is 0 Å². The van der Waals surface area contributed by atoms with Gasteiger partial charge in [0.2, 0.25) is 0 Å². The Morgan fingerprint density at radius 1 is 0.895 bits per heavy atom. The molecule has 0 aromatic heterocycles. The molecule has 2 heteroatoms. The first kappa shape index (κ1) is 17.0. The zero-order chi connectivity index (χ0) is 14.3. The number of rotatable bonds is 7. The Labute approximate surface area is 120 Å². The first-order valence-corrected chi connectivity index (χ1v) is 8.37. The lowest BCUT2D eigenvalue weighted by Gasteiger charge is -2.31. The number of nitrogens with one attached hydrogen (secondary N) is 1. The zero-order valence-electron chi connectivity index (χ0n) is 13.5. The molecule has 0 aliphatic heterocycles. The predicted octanol–water partition coefficient (Wildman–Crippen LogP) is 4.12. The molecule has 0 spiro atoms. The minimum Gasteiger partial charge on any atom is -0.389 e. The Bertz CT molecular complexity index is 219. The van der Waals surface area contributed by atoms with Crippen molar-refractivity contribution in [1.29, 1.82) is 0 Å². The normalized spacial score (nSPS) is 20.2. The monoisotopic (exact) mass is 269 g/mol. The van der Waals surface area contributed by atoms with Crippen LogP contribution < -0.4 is 5.32 Å². The summed E-state index contributed by atoms with van der Waals surface area (Å²) >= 11 is 0. The molecular weight excluding hydrogens is 234 g/mol. The van der Waals surface area contributed by atoms with E-state index in [4.69, 9.17) is 0 Å². The maximum atomic E-state index is 10.7. The van der Waals surface area contributed by atoms with Crippen LogP contribution in [0.1, 0.15) is 79.1 Å². The van der Waals surface area contributed by atoms with Gasteiger partial charge < -0.3 is 10.4 Å². The van der Waals surface area contributed by atoms with Gasteiger partial charge in [0.1, 0.15) is 0 Å². The summed E-state index contributed by atoms with van der Waals surface area (Å²) in [5, 5.41) is 14.4. The molecule has 2 N–H and O–H groups in total. The minimum absolute atomic E-state index is 0.442. The molecule has 0 aromatic rings. The van der Waals surface area contributed by atoms with E-state index in [1.165, 1.54) is 38.5 Å². The third kappa shape index (κ3) is 7.31. The molecular formula is C17H35NO. The van der Waals surface area contributed by atoms with Crippen molar-refractivity contribution in [1.82, 2.24) is 5.32 Å². The van der Waals surface area contributed by atoms with Gasteiger partial charge in [0.15, 0.2) is 0 Å². The molecule has 0 amide bonds. The lowest BCUT2D eigenvalue weighted by molar-refractivity contribution is 0.0214. The lowest BCUT2D eigenvalue weighted by atomic mass is 9.91. The molecule has 0 bridgehead atoms. The molecule has 0 radical (unpaired) electrons. The van der Waals surface area contributed by atoms with Crippen LogP contribution in [0, 0.1) is 11.8 Å². The largest absolute Gasteiger partial charge is 0.389 e. The highest BCUT2D eigenvalue weighted by molar-refractivity contribution is 4.85. The van der Waals surface area contributed by atoms with E-state index < -0.39 is 5.60 Å². The van der Waals surface area contributed by atoms with Gasteiger partial charge in [0, 0.05) is 12.6 Å². The maximum absolute atomic E-state index is 10.7. The zero-order valence-corrected chi connectivity index (χ0v) is 13.5. The highest BCUT2D eigenvalue weighted by atomic mass is 16.3. The Hall–Kier alpha value is -0.0800. The van der Waals surface area contributed by atoms with Crippen molar-refractivity contribution >= 4 is 0 Å². The van der Waals surface area contributed by atoms with Crippen molar-refractivity contribution in [2.75, 3.05) is 6.54 Å². The number of aliphatic hydroxyl groups is 1. The van der Waals surface area contributed by atoms with Gasteiger partial charge in [-0.25, -0.2) is 0 Å². The molecule has 2 nitrogen and oxygen atoms in total. The Morgan fingerprint density at radius 2 is 1.37 bits per heavy atom. The minimum atomic E-state index is -0.442. The van der Waals surface area contributed by atoms with Crippen molar-refractivity contribution in [2.45, 2.75) is 90.7 Å². The van der Waals surface area contributed by atoms with E-state index in [0.717, 1.165) is 31.2 Å². The van der Waals surface area contributed by atoms with Gasteiger partial charge in [-0.3, -0.25) is 0 Å². The van der Waals surface area contributed by atoms with E-state index >= 15 is 0 Å². The van der Waals surface area contributed by atoms with Gasteiger partial charge in [0.05, 0.1) is 5.60 Å². The summed E-state index contributed by atoms with van der Waals surface area (Å²) in [6.07, 6.45) is 9.37. The molecule has 0 atom stereocenters. The molecule has 1 rings (SSSR count). The van der Waals surface area contributed by atoms with E-state index in [1.54, 1.807) is 0 Å². The number of hydrogen-bond acceptors (Lipinski definition) is 2. The van der Waals surface area contributed by atoms with Gasteiger partial charge in [-0.1, -0.05) is 53.4 Å². The van der Waals surface area contributed by atoms with Crippen LogP contribution in [0.25, 0.3) is 0 Å². The first-order valence-electron chi connectivity index (χ1n) is 8.37. The molecule has 0 aromatic carbocycles. The molecule has 114 valence electrons. The second-order valence-corrected chi connectivity index (χ2v) is 7.48. The van der Waals surface area contributed by atoms with Gasteiger partial charge in [-0.2, -0.15) is 0 Å². The molecule has 0 saturated heterocycles. The smallest absolute Gasteiger partial charge is 0.0771 e. The first-order chi connectivity index (χ1) is 8.91. The van der Waals surface area contributed by atoms with Crippen LogP contribution in [0.5, 0.6) is 0 Å². The van der Waals surface area contributed by atoms with E-state index in [0.29, 0.717) is 6.04 Å². The van der Waals surface area contributed by atoms with Crippen molar-refractivity contribution < 1.29 is 5.11 Å². The summed E-state index contributed by atoms with van der Waals surface area (Å²) in [5.74, 6) is 1.44. The summed E-state index contributed by atoms with van der Waals surface area (Å²) < 4.78 is 0. The molecule has 1 fully saturated rings. The van der Waals surface area contributed by atoms with Crippen LogP contribution in [0.2, 0.25) is 0 Å². The summed E-state index contributed by atoms with van der Waals surface area (Å²) in [6.45, 7) is 9.94. The Kier molecular flexibility index (Phi) is 7.38. The van der Waals surface area contributed by atoms with Crippen LogP contribution in [-0.4, -0.2) is 23.3 Å². The van der Waals surface area contributed by atoms with Gasteiger partial charge in [-0.05, 0) is 37.5 Å². The topological polar surface area (TPSA) is 32.3 Å². The summed E-state index contributed by atoms with van der Waals surface area (Å²) in [5.41, 5.74) is -0.442. The second kappa shape index (κ2) is 8.26. The van der Waals surface area contributed by atoms with Gasteiger partial charge in [-0.15, -0.1) is 0 Å². The van der Waals surface area contributed by atoms with Crippen molar-refractivity contribution in [3.63, 3.8) is 0 Å². The Balaban J connectivity index is 2.44. The average molecular weight is 269 g/mol. The quantitative estimate of drug-likeness (QED) is 0.681. The third-order valence-corrected chi connectivity index (χ3v) is 4.27. The van der Waals surface area contributed by atoms with Gasteiger partial charge in [0.25, 0.3) is 0 Å². The Morgan fingerprint density at radius 3 is 1.79 bits per heavy atom. The van der Waals surface area contributed by atoms with E-state index in [-0.39, 0.29) is 0 Å². The fourth-order valence-electron chi connectivity index (χ4n) is 3.30. The van der Waals surface area contributed by atoms with Crippen LogP contribution >= 0.6 is 0 Å². The summed E-state index contributed by atoms with van der Waals surface area (Å²) in [7, 11) is 0. The SMILES string of the molecule is CC(C)CC(CC(C)C)NCC1(O)CCCCCC1. The molecule has 0 unspecified atom stereocenters. The van der Waals surface area contributed by atoms with Crippen molar-refractivity contribution in [3.05, 3.63) is 0 Å². The van der Waals surface area contributed by atoms with Crippen LogP contribution in [0.4, 0.5) is 0 Å². The second-order valence-electron chi connectivity index (χ2n) is 7.48. The van der Waals surface area contributed by atoms with Crippen molar-refractivity contribution in [3.8, 4) is 0 Å². The fraction of sp³-hybridized carbons (Fsp3) is 1.00. The van der Waals surface area contributed by atoms with E-state index in [2.05, 4.69) is 33.0 Å². The van der Waals surface area contributed by atoms with Crippen LogP contribution in [0.3, 0.4) is 0 Å². The molecule has 1 aliphatic rings. The molecule has 1 saturated carbocycles. The highest BCUT2D eigenvalue weighted by Gasteiger charge is 2.28. The van der Waals surface area contributed by atoms with E-state index in [1.807, 2.05) is 0 Å². The maximum Gasteiger partial charge on any atom is 0.0771 e. The lowest BCUT2D eigenvalue weighted by Crippen LogP contribution is -2.45. The molecule has 1 aliphatic carbocycles. The molecule has 19 heavy (non-hydrogen) atoms. The van der Waals surface area contributed by atoms with Crippen molar-refractivity contribution in [2.24, 2.45) is 11.8 Å². The number of hydrogen-bond donors (Lipinski definition) is 2.